The van der Waals surface area contributed by atoms with Crippen molar-refractivity contribution in [1.29, 1.82) is 0 Å². The van der Waals surface area contributed by atoms with Gasteiger partial charge in [-0.15, -0.1) is 0 Å². The number of carboxylic acids is 1. The average Bonchev–Trinajstić information content (AvgIpc) is 2.68. The lowest BCUT2D eigenvalue weighted by Crippen LogP contribution is -2.15. The molecule has 0 rings (SSSR count). The molecule has 0 atom stereocenters. The molecule has 0 heterocycles. The summed E-state index contributed by atoms with van der Waals surface area (Å²) >= 11 is 0. The number of aliphatic carboxylic acids is 1. The molecular weight excluding hydrogens is 388 g/mol. The van der Waals surface area contributed by atoms with Gasteiger partial charge >= 0.3 is 11.9 Å². The van der Waals surface area contributed by atoms with Crippen molar-refractivity contribution in [1.82, 2.24) is 0 Å². The average molecular weight is 422 g/mol. The second-order valence-corrected chi connectivity index (χ2v) is 5.73. The summed E-state index contributed by atoms with van der Waals surface area (Å²) in [6, 6.07) is 0. The molecule has 170 valence electrons. The van der Waals surface area contributed by atoms with E-state index < -0.39 is 11.9 Å². The van der Waals surface area contributed by atoms with E-state index in [0.717, 1.165) is 0 Å². The van der Waals surface area contributed by atoms with Crippen LogP contribution in [0.15, 0.2) is 12.2 Å². The van der Waals surface area contributed by atoms with Crippen molar-refractivity contribution in [3.63, 3.8) is 0 Å². The molecule has 1 N–H and O–H groups in total. The Morgan fingerprint density at radius 1 is 0.621 bits per heavy atom. The van der Waals surface area contributed by atoms with Gasteiger partial charge in [0.05, 0.1) is 85.7 Å². The van der Waals surface area contributed by atoms with Gasteiger partial charge in [-0.05, 0) is 6.92 Å². The summed E-state index contributed by atoms with van der Waals surface area (Å²) in [5.41, 5.74) is 0.365. The highest BCUT2D eigenvalue weighted by atomic mass is 16.6. The maximum absolute atomic E-state index is 11.1. The minimum absolute atomic E-state index is 0.00326. The highest BCUT2D eigenvalue weighted by Gasteiger charge is 2.01. The molecule has 0 radical (unpaired) electrons. The predicted octanol–water partition coefficient (Wildman–Crippen LogP) is 0.680. The van der Waals surface area contributed by atoms with Crippen molar-refractivity contribution in [2.24, 2.45) is 0 Å². The van der Waals surface area contributed by atoms with Crippen LogP contribution in [0.2, 0.25) is 0 Å². The number of carbonyl (C=O) groups is 2. The van der Waals surface area contributed by atoms with Gasteiger partial charge in [-0.2, -0.15) is 0 Å². The van der Waals surface area contributed by atoms with Crippen LogP contribution in [-0.4, -0.2) is 103 Å². The number of rotatable bonds is 22. The van der Waals surface area contributed by atoms with E-state index in [2.05, 4.69) is 6.58 Å². The molecule has 10 heteroatoms. The summed E-state index contributed by atoms with van der Waals surface area (Å²) in [7, 11) is 0. The summed E-state index contributed by atoms with van der Waals surface area (Å²) in [6.07, 6.45) is -0.00326. The molecule has 0 aromatic carbocycles. The topological polar surface area (TPSA) is 119 Å². The van der Waals surface area contributed by atoms with E-state index in [1.54, 1.807) is 6.92 Å². The summed E-state index contributed by atoms with van der Waals surface area (Å²) < 4.78 is 36.5. The number of carbonyl (C=O) groups excluding carboxylic acids is 1. The first-order valence-corrected chi connectivity index (χ1v) is 9.55. The van der Waals surface area contributed by atoms with Crippen LogP contribution in [0.25, 0.3) is 0 Å². The molecule has 0 fully saturated rings. The number of carboxylic acid groups (broad SMARTS) is 1. The maximum atomic E-state index is 11.1. The summed E-state index contributed by atoms with van der Waals surface area (Å²) in [6.45, 7) is 10.1. The summed E-state index contributed by atoms with van der Waals surface area (Å²) in [5, 5.41) is 8.43. The summed E-state index contributed by atoms with van der Waals surface area (Å²) in [4.78, 5) is 21.4. The molecule has 10 nitrogen and oxygen atoms in total. The second kappa shape index (κ2) is 21.2. The zero-order valence-corrected chi connectivity index (χ0v) is 17.2. The van der Waals surface area contributed by atoms with Gasteiger partial charge in [-0.25, -0.2) is 4.79 Å². The zero-order chi connectivity index (χ0) is 21.6. The zero-order valence-electron chi connectivity index (χ0n) is 17.2. The van der Waals surface area contributed by atoms with E-state index in [-0.39, 0.29) is 19.6 Å². The fourth-order valence-electron chi connectivity index (χ4n) is 1.68. The van der Waals surface area contributed by atoms with E-state index in [4.69, 9.17) is 38.3 Å². The highest BCUT2D eigenvalue weighted by molar-refractivity contribution is 5.86. The summed E-state index contributed by atoms with van der Waals surface area (Å²) in [5.74, 6) is -1.30. The minimum atomic E-state index is -0.877. The Bertz CT molecular complexity index is 427. The van der Waals surface area contributed by atoms with E-state index in [0.29, 0.717) is 78.2 Å². The fraction of sp³-hybridized carbons (Fsp3) is 0.789. The smallest absolute Gasteiger partial charge is 0.333 e. The molecule has 0 aliphatic heterocycles. The Balaban J connectivity index is 3.07. The van der Waals surface area contributed by atoms with Crippen molar-refractivity contribution in [2.75, 3.05) is 85.9 Å². The first kappa shape index (κ1) is 27.4. The molecule has 0 aliphatic rings. The van der Waals surface area contributed by atoms with E-state index in [9.17, 15) is 9.59 Å². The Hall–Kier alpha value is -1.56. The van der Waals surface area contributed by atoms with Crippen molar-refractivity contribution in [2.45, 2.75) is 13.3 Å². The number of hydrogen-bond acceptors (Lipinski definition) is 9. The van der Waals surface area contributed by atoms with Crippen LogP contribution in [0.4, 0.5) is 0 Å². The van der Waals surface area contributed by atoms with Crippen molar-refractivity contribution in [3.05, 3.63) is 12.2 Å². The Labute approximate surface area is 172 Å². The van der Waals surface area contributed by atoms with Crippen LogP contribution in [0.5, 0.6) is 0 Å². The van der Waals surface area contributed by atoms with Gasteiger partial charge in [0.15, 0.2) is 0 Å². The van der Waals surface area contributed by atoms with E-state index in [1.165, 1.54) is 0 Å². The lowest BCUT2D eigenvalue weighted by Gasteiger charge is -2.08. The van der Waals surface area contributed by atoms with Gasteiger partial charge in [-0.3, -0.25) is 4.79 Å². The molecule has 0 bridgehead atoms. The fourth-order valence-corrected chi connectivity index (χ4v) is 1.68. The van der Waals surface area contributed by atoms with Crippen LogP contribution >= 0.6 is 0 Å². The van der Waals surface area contributed by atoms with Crippen molar-refractivity contribution in [3.8, 4) is 0 Å². The van der Waals surface area contributed by atoms with Gasteiger partial charge in [0, 0.05) is 5.57 Å². The molecule has 0 amide bonds. The third-order valence-corrected chi connectivity index (χ3v) is 3.13. The highest BCUT2D eigenvalue weighted by Crippen LogP contribution is 1.91. The largest absolute Gasteiger partial charge is 0.481 e. The quantitative estimate of drug-likeness (QED) is 0.151. The van der Waals surface area contributed by atoms with Gasteiger partial charge in [0.1, 0.15) is 6.61 Å². The minimum Gasteiger partial charge on any atom is -0.481 e. The van der Waals surface area contributed by atoms with Crippen molar-refractivity contribution >= 4 is 11.9 Å². The van der Waals surface area contributed by atoms with Crippen LogP contribution in [0.3, 0.4) is 0 Å². The number of ether oxygens (including phenoxy) is 7. The molecule has 0 aromatic heterocycles. The van der Waals surface area contributed by atoms with Gasteiger partial charge in [0.2, 0.25) is 0 Å². The van der Waals surface area contributed by atoms with Crippen LogP contribution in [-0.2, 0) is 42.7 Å². The maximum Gasteiger partial charge on any atom is 0.333 e. The van der Waals surface area contributed by atoms with Crippen LogP contribution < -0.4 is 0 Å². The van der Waals surface area contributed by atoms with Gasteiger partial charge in [0.25, 0.3) is 0 Å². The number of hydrogen-bond donors (Lipinski definition) is 1. The lowest BCUT2D eigenvalue weighted by atomic mass is 10.4. The molecule has 0 spiro atoms. The van der Waals surface area contributed by atoms with Gasteiger partial charge < -0.3 is 38.3 Å². The third kappa shape index (κ3) is 22.6. The van der Waals surface area contributed by atoms with Crippen LogP contribution in [0.1, 0.15) is 13.3 Å². The molecule has 0 aliphatic carbocycles. The Kier molecular flexibility index (Phi) is 20.0. The van der Waals surface area contributed by atoms with Crippen LogP contribution in [0, 0.1) is 0 Å². The Morgan fingerprint density at radius 3 is 1.24 bits per heavy atom. The predicted molar refractivity (Wildman–Crippen MR) is 103 cm³/mol. The normalized spacial score (nSPS) is 10.8. The first-order chi connectivity index (χ1) is 14.0. The second-order valence-electron chi connectivity index (χ2n) is 5.73. The molecule has 0 saturated heterocycles. The molecule has 0 unspecified atom stereocenters. The standard InChI is InChI=1S/C19H34O10/c1-17(2)19(22)29-16-15-28-14-13-27-12-11-26-10-9-25-8-7-24-6-5-23-4-3-18(20)21/h1,3-16H2,2H3,(H,20,21). The van der Waals surface area contributed by atoms with E-state index in [1.807, 2.05) is 0 Å². The molecule has 0 saturated carbocycles. The lowest BCUT2D eigenvalue weighted by molar-refractivity contribution is -0.141. The molecular formula is C19H34O10. The SMILES string of the molecule is C=C(C)C(=O)OCCOCCOCCOCCOCCOCCOCCC(=O)O. The number of esters is 1. The van der Waals surface area contributed by atoms with E-state index >= 15 is 0 Å². The van der Waals surface area contributed by atoms with Crippen molar-refractivity contribution < 1.29 is 47.9 Å². The monoisotopic (exact) mass is 422 g/mol. The van der Waals surface area contributed by atoms with Gasteiger partial charge in [-0.1, -0.05) is 6.58 Å². The molecule has 0 aromatic rings. The molecule has 29 heavy (non-hydrogen) atoms. The third-order valence-electron chi connectivity index (χ3n) is 3.13. The Morgan fingerprint density at radius 2 is 0.931 bits per heavy atom. The first-order valence-electron chi connectivity index (χ1n) is 9.55.